The molecule has 258 valence electrons. The van der Waals surface area contributed by atoms with E-state index >= 15 is 0 Å². The van der Waals surface area contributed by atoms with Crippen LogP contribution < -0.4 is 10.1 Å². The lowest BCUT2D eigenvalue weighted by Crippen LogP contribution is -2.63. The first kappa shape index (κ1) is 33.7. The number of piperazine rings is 1. The molecule has 6 aliphatic rings. The fourth-order valence-electron chi connectivity index (χ4n) is 8.45. The van der Waals surface area contributed by atoms with Crippen LogP contribution in [0.15, 0.2) is 24.3 Å². The van der Waals surface area contributed by atoms with Gasteiger partial charge in [-0.05, 0) is 68.2 Å². The van der Waals surface area contributed by atoms with E-state index in [0.717, 1.165) is 43.5 Å². The standard InChI is InChI=1S/C36H54N6O5/c1-35(2,3)22-31(43)38-17-12-36(13-18-38)23-32(44)41-20-19-40(24-26-7-5-8-28(21-26)47-4)30(25-41)34(46)39-15-10-27(11-16-39)42-14-6-9-29(42)33(45)37-36/h5,7-8,21,27,29-30H,6,9-20,22-25H2,1-4H3,(H,37,45)/t29-,30+/m0/s1. The quantitative estimate of drug-likeness (QED) is 0.534. The van der Waals surface area contributed by atoms with Gasteiger partial charge in [0.05, 0.1) is 25.1 Å². The van der Waals surface area contributed by atoms with Crippen LogP contribution >= 0.6 is 0 Å². The Bertz CT molecular complexity index is 1330. The van der Waals surface area contributed by atoms with Crippen LogP contribution in [0.1, 0.15) is 77.7 Å². The summed E-state index contributed by atoms with van der Waals surface area (Å²) in [7, 11) is 1.66. The molecular formula is C36H54N6O5. The maximum Gasteiger partial charge on any atom is 0.241 e. The number of nitrogens with zero attached hydrogens (tertiary/aromatic N) is 5. The van der Waals surface area contributed by atoms with Gasteiger partial charge in [-0.2, -0.15) is 0 Å². The van der Waals surface area contributed by atoms with Crippen molar-refractivity contribution in [3.8, 4) is 5.75 Å². The monoisotopic (exact) mass is 650 g/mol. The third-order valence-corrected chi connectivity index (χ3v) is 11.1. The van der Waals surface area contributed by atoms with Crippen molar-refractivity contribution in [2.45, 2.75) is 102 Å². The smallest absolute Gasteiger partial charge is 0.241 e. The van der Waals surface area contributed by atoms with Crippen LogP contribution in [-0.4, -0.2) is 131 Å². The normalized spacial score (nSPS) is 26.6. The van der Waals surface area contributed by atoms with Crippen LogP contribution in [0.5, 0.6) is 5.75 Å². The van der Waals surface area contributed by atoms with Crippen LogP contribution in [-0.2, 0) is 25.7 Å². The molecule has 0 aliphatic carbocycles. The number of amides is 4. The molecular weight excluding hydrogens is 596 g/mol. The Labute approximate surface area is 279 Å². The van der Waals surface area contributed by atoms with Crippen molar-refractivity contribution in [1.29, 1.82) is 0 Å². The highest BCUT2D eigenvalue weighted by Gasteiger charge is 2.46. The average Bonchev–Trinajstić information content (AvgIpc) is 3.54. The molecule has 7 rings (SSSR count). The van der Waals surface area contributed by atoms with E-state index in [-0.39, 0.29) is 47.5 Å². The first-order valence-electron chi connectivity index (χ1n) is 17.7. The number of piperidine rings is 2. The summed E-state index contributed by atoms with van der Waals surface area (Å²) in [5.41, 5.74) is 0.241. The summed E-state index contributed by atoms with van der Waals surface area (Å²) >= 11 is 0. The van der Waals surface area contributed by atoms with Gasteiger partial charge in [-0.3, -0.25) is 29.0 Å². The Morgan fingerprint density at radius 2 is 1.68 bits per heavy atom. The fourth-order valence-corrected chi connectivity index (χ4v) is 8.45. The van der Waals surface area contributed by atoms with Crippen molar-refractivity contribution in [2.24, 2.45) is 5.41 Å². The summed E-state index contributed by atoms with van der Waals surface area (Å²) < 4.78 is 5.46. The van der Waals surface area contributed by atoms with Gasteiger partial charge in [-0.1, -0.05) is 32.9 Å². The number of hydrogen-bond acceptors (Lipinski definition) is 7. The molecule has 4 bridgehead atoms. The molecule has 1 aromatic carbocycles. The van der Waals surface area contributed by atoms with Crippen molar-refractivity contribution in [2.75, 3.05) is 59.5 Å². The highest BCUT2D eigenvalue weighted by Crippen LogP contribution is 2.33. The second-order valence-corrected chi connectivity index (χ2v) is 15.7. The van der Waals surface area contributed by atoms with Gasteiger partial charge in [0.1, 0.15) is 11.8 Å². The predicted octanol–water partition coefficient (Wildman–Crippen LogP) is 2.48. The van der Waals surface area contributed by atoms with Gasteiger partial charge in [0, 0.05) is 64.8 Å². The van der Waals surface area contributed by atoms with E-state index < -0.39 is 11.6 Å². The second kappa shape index (κ2) is 13.7. The molecule has 1 N–H and O–H groups in total. The number of fused-ring (bicyclic) bond motifs is 4. The van der Waals surface area contributed by atoms with Gasteiger partial charge in [0.25, 0.3) is 0 Å². The Balaban J connectivity index is 1.26. The van der Waals surface area contributed by atoms with E-state index in [0.29, 0.717) is 71.6 Å². The van der Waals surface area contributed by atoms with Crippen molar-refractivity contribution < 1.29 is 23.9 Å². The third-order valence-electron chi connectivity index (χ3n) is 11.1. The molecule has 6 fully saturated rings. The molecule has 11 heteroatoms. The summed E-state index contributed by atoms with van der Waals surface area (Å²) in [5, 5.41) is 3.44. The zero-order chi connectivity index (χ0) is 33.3. The van der Waals surface area contributed by atoms with Gasteiger partial charge in [-0.25, -0.2) is 0 Å². The first-order chi connectivity index (χ1) is 22.4. The Hall–Kier alpha value is -3.18. The summed E-state index contributed by atoms with van der Waals surface area (Å²) in [6.07, 6.45) is 5.19. The average molecular weight is 651 g/mol. The van der Waals surface area contributed by atoms with Crippen molar-refractivity contribution in [1.82, 2.24) is 29.8 Å². The topological polar surface area (TPSA) is 106 Å². The lowest BCUT2D eigenvalue weighted by atomic mass is 9.82. The minimum Gasteiger partial charge on any atom is -0.497 e. The number of hydrogen-bond donors (Lipinski definition) is 1. The summed E-state index contributed by atoms with van der Waals surface area (Å²) in [5.74, 6) is 0.982. The van der Waals surface area contributed by atoms with E-state index in [1.165, 1.54) is 0 Å². The minimum absolute atomic E-state index is 0.0131. The number of carbonyl (C=O) groups is 4. The van der Waals surface area contributed by atoms with E-state index in [9.17, 15) is 19.2 Å². The Morgan fingerprint density at radius 1 is 0.936 bits per heavy atom. The molecule has 47 heavy (non-hydrogen) atoms. The zero-order valence-corrected chi connectivity index (χ0v) is 28.8. The molecule has 0 radical (unpaired) electrons. The SMILES string of the molecule is COc1cccc(CN2CCN3C[C@@H]2C(=O)N2CCC(CC2)N2CCC[C@H]2C(=O)NC2(CCN(C(=O)CC(C)(C)C)CC2)CC3=O)c1. The maximum atomic E-state index is 14.3. The molecule has 6 saturated heterocycles. The van der Waals surface area contributed by atoms with Gasteiger partial charge in [0.2, 0.25) is 23.6 Å². The van der Waals surface area contributed by atoms with Crippen LogP contribution in [0.2, 0.25) is 0 Å². The number of methoxy groups -OCH3 is 1. The number of rotatable bonds is 4. The largest absolute Gasteiger partial charge is 0.497 e. The second-order valence-electron chi connectivity index (χ2n) is 15.7. The fraction of sp³-hybridized carbons (Fsp3) is 0.722. The molecule has 0 saturated carbocycles. The first-order valence-corrected chi connectivity index (χ1v) is 17.7. The lowest BCUT2D eigenvalue weighted by molar-refractivity contribution is -0.145. The van der Waals surface area contributed by atoms with Gasteiger partial charge in [-0.15, -0.1) is 0 Å². The third kappa shape index (κ3) is 7.61. The van der Waals surface area contributed by atoms with Crippen LogP contribution in [0.3, 0.4) is 0 Å². The Kier molecular flexibility index (Phi) is 9.86. The van der Waals surface area contributed by atoms with E-state index in [4.69, 9.17) is 4.74 Å². The molecule has 6 heterocycles. The van der Waals surface area contributed by atoms with Gasteiger partial charge >= 0.3 is 0 Å². The highest BCUT2D eigenvalue weighted by atomic mass is 16.5. The molecule has 11 nitrogen and oxygen atoms in total. The minimum atomic E-state index is -0.722. The van der Waals surface area contributed by atoms with Crippen molar-refractivity contribution in [3.63, 3.8) is 0 Å². The maximum absolute atomic E-state index is 14.3. The lowest BCUT2D eigenvalue weighted by Gasteiger charge is -2.46. The molecule has 6 aliphatic heterocycles. The molecule has 0 unspecified atom stereocenters. The molecule has 2 atom stereocenters. The summed E-state index contributed by atoms with van der Waals surface area (Å²) in [6.45, 7) is 11.5. The number of ether oxygens (including phenoxy) is 1. The summed E-state index contributed by atoms with van der Waals surface area (Å²) in [4.78, 5) is 66.0. The zero-order valence-electron chi connectivity index (χ0n) is 28.8. The molecule has 1 spiro atoms. The number of carbonyl (C=O) groups excluding carboxylic acids is 4. The van der Waals surface area contributed by atoms with E-state index in [1.807, 2.05) is 32.9 Å². The summed E-state index contributed by atoms with van der Waals surface area (Å²) in [6, 6.07) is 7.55. The number of likely N-dealkylation sites (tertiary alicyclic amines) is 1. The molecule has 4 amide bonds. The van der Waals surface area contributed by atoms with Crippen LogP contribution in [0.4, 0.5) is 0 Å². The van der Waals surface area contributed by atoms with Gasteiger partial charge < -0.3 is 24.8 Å². The van der Waals surface area contributed by atoms with Gasteiger partial charge in [0.15, 0.2) is 0 Å². The van der Waals surface area contributed by atoms with E-state index in [2.05, 4.69) is 42.0 Å². The van der Waals surface area contributed by atoms with E-state index in [1.54, 1.807) is 7.11 Å². The number of nitrogens with one attached hydrogen (secondary N) is 1. The van der Waals surface area contributed by atoms with Crippen molar-refractivity contribution >= 4 is 23.6 Å². The highest BCUT2D eigenvalue weighted by molar-refractivity contribution is 5.86. The predicted molar refractivity (Wildman–Crippen MR) is 178 cm³/mol. The van der Waals surface area contributed by atoms with Crippen LogP contribution in [0, 0.1) is 5.41 Å². The Morgan fingerprint density at radius 3 is 2.38 bits per heavy atom. The van der Waals surface area contributed by atoms with Crippen LogP contribution in [0.25, 0.3) is 0 Å². The molecule has 1 aromatic rings. The van der Waals surface area contributed by atoms with Crippen molar-refractivity contribution in [3.05, 3.63) is 29.8 Å². The number of benzene rings is 1. The molecule has 0 aromatic heterocycles.